The largest absolute Gasteiger partial charge is 0.494 e. The van der Waals surface area contributed by atoms with Crippen molar-refractivity contribution in [3.8, 4) is 11.5 Å². The minimum Gasteiger partial charge on any atom is -0.457 e. The maximum absolute atomic E-state index is 6.57. The van der Waals surface area contributed by atoms with Crippen LogP contribution in [0.1, 0.15) is 56.9 Å². The Kier molecular flexibility index (Phi) is 4.32. The lowest BCUT2D eigenvalue weighted by Crippen LogP contribution is -2.43. The molecule has 3 aromatic carbocycles. The molecule has 3 unspecified atom stereocenters. The number of hydrogen-bond donors (Lipinski definition) is 0. The van der Waals surface area contributed by atoms with Gasteiger partial charge in [0, 0.05) is 22.5 Å². The van der Waals surface area contributed by atoms with Gasteiger partial charge in [0.1, 0.15) is 11.5 Å². The number of rotatable bonds is 1. The van der Waals surface area contributed by atoms with E-state index in [9.17, 15) is 0 Å². The average Bonchev–Trinajstić information content (AvgIpc) is 3.23. The third-order valence-corrected chi connectivity index (χ3v) is 9.39. The number of ether oxygens (including phenoxy) is 1. The Labute approximate surface area is 213 Å². The fourth-order valence-electron chi connectivity index (χ4n) is 6.89. The van der Waals surface area contributed by atoms with Crippen molar-refractivity contribution in [3.05, 3.63) is 113 Å². The Morgan fingerprint density at radius 2 is 1.31 bits per heavy atom. The molecule has 7 rings (SSSR count). The fraction of sp³-hybridized carbons (Fsp3) is 0.312. The second-order valence-electron chi connectivity index (χ2n) is 11.8. The lowest BCUT2D eigenvalue weighted by atomic mass is 9.58. The summed E-state index contributed by atoms with van der Waals surface area (Å²) in [6.45, 7) is 10.8. The van der Waals surface area contributed by atoms with Crippen molar-refractivity contribution < 1.29 is 14.0 Å². The molecule has 0 N–H and O–H groups in total. The Morgan fingerprint density at radius 3 is 2.06 bits per heavy atom. The molecule has 1 fully saturated rings. The van der Waals surface area contributed by atoms with E-state index in [1.807, 2.05) is 0 Å². The van der Waals surface area contributed by atoms with Gasteiger partial charge in [0.25, 0.3) is 0 Å². The van der Waals surface area contributed by atoms with Crippen LogP contribution in [-0.4, -0.2) is 18.3 Å². The Morgan fingerprint density at radius 1 is 0.667 bits per heavy atom. The SMILES string of the molecule is CC12C=CC=CC1C1(c3ccccc3Oc3ccc(B4OC(C)(C)C(C)(C)O4)cc31)c1ccccc12. The zero-order valence-electron chi connectivity index (χ0n) is 21.5. The first-order valence-corrected chi connectivity index (χ1v) is 12.9. The van der Waals surface area contributed by atoms with E-state index in [-0.39, 0.29) is 11.3 Å². The summed E-state index contributed by atoms with van der Waals surface area (Å²) < 4.78 is 19.5. The molecule has 0 saturated carbocycles. The lowest BCUT2D eigenvalue weighted by Gasteiger charge is -2.45. The van der Waals surface area contributed by atoms with Crippen molar-refractivity contribution in [2.45, 2.75) is 56.7 Å². The van der Waals surface area contributed by atoms with Crippen LogP contribution in [0.3, 0.4) is 0 Å². The highest BCUT2D eigenvalue weighted by Gasteiger charge is 2.61. The summed E-state index contributed by atoms with van der Waals surface area (Å²) >= 11 is 0. The third kappa shape index (κ3) is 2.61. The second-order valence-corrected chi connectivity index (χ2v) is 11.8. The molecule has 180 valence electrons. The summed E-state index contributed by atoms with van der Waals surface area (Å²) in [7, 11) is -0.431. The maximum atomic E-state index is 6.57. The minimum absolute atomic E-state index is 0.132. The van der Waals surface area contributed by atoms with Gasteiger partial charge in [-0.2, -0.15) is 0 Å². The van der Waals surface area contributed by atoms with Gasteiger partial charge in [-0.05, 0) is 56.4 Å². The van der Waals surface area contributed by atoms with Crippen molar-refractivity contribution in [2.75, 3.05) is 0 Å². The van der Waals surface area contributed by atoms with Crippen molar-refractivity contribution in [1.29, 1.82) is 0 Å². The van der Waals surface area contributed by atoms with Crippen molar-refractivity contribution in [3.63, 3.8) is 0 Å². The Bertz CT molecular complexity index is 1450. The molecule has 0 bridgehead atoms. The van der Waals surface area contributed by atoms with E-state index in [0.29, 0.717) is 0 Å². The first-order chi connectivity index (χ1) is 17.2. The molecule has 2 heterocycles. The fourth-order valence-corrected chi connectivity index (χ4v) is 6.89. The quantitative estimate of drug-likeness (QED) is 0.380. The normalized spacial score (nSPS) is 29.9. The highest BCUT2D eigenvalue weighted by Crippen LogP contribution is 2.66. The molecule has 4 heteroatoms. The maximum Gasteiger partial charge on any atom is 0.494 e. The van der Waals surface area contributed by atoms with Gasteiger partial charge in [-0.25, -0.2) is 0 Å². The van der Waals surface area contributed by atoms with Gasteiger partial charge in [0.2, 0.25) is 0 Å². The van der Waals surface area contributed by atoms with Gasteiger partial charge in [-0.3, -0.25) is 0 Å². The van der Waals surface area contributed by atoms with E-state index < -0.39 is 23.7 Å². The van der Waals surface area contributed by atoms with E-state index in [0.717, 1.165) is 17.0 Å². The second kappa shape index (κ2) is 7.03. The number of fused-ring (bicyclic) bond motifs is 9. The van der Waals surface area contributed by atoms with Crippen LogP contribution >= 0.6 is 0 Å². The van der Waals surface area contributed by atoms with Crippen LogP contribution in [0, 0.1) is 5.92 Å². The van der Waals surface area contributed by atoms with E-state index in [1.54, 1.807) is 0 Å². The van der Waals surface area contributed by atoms with Crippen molar-refractivity contribution >= 4 is 12.6 Å². The van der Waals surface area contributed by atoms with Crippen molar-refractivity contribution in [1.82, 2.24) is 0 Å². The smallest absolute Gasteiger partial charge is 0.457 e. The molecule has 3 nitrogen and oxygen atoms in total. The van der Waals surface area contributed by atoms with Crippen LogP contribution in [-0.2, 0) is 20.1 Å². The molecule has 1 saturated heterocycles. The molecule has 2 aliphatic heterocycles. The van der Waals surface area contributed by atoms with Gasteiger partial charge in [-0.15, -0.1) is 0 Å². The standard InChI is InChI=1S/C32H31BO3/c1-29(2)30(3,4)36-33(35-29)21-17-18-27-25(20-21)32(24-14-8-9-15-26(24)34-27)23-13-7-6-12-22(23)31(5)19-11-10-16-28(31)32/h6-20,28H,1-5H3. The summed E-state index contributed by atoms with van der Waals surface area (Å²) in [6.07, 6.45) is 9.17. The van der Waals surface area contributed by atoms with E-state index in [2.05, 4.69) is 126 Å². The summed E-state index contributed by atoms with van der Waals surface area (Å²) in [4.78, 5) is 0. The van der Waals surface area contributed by atoms with E-state index >= 15 is 0 Å². The molecule has 1 spiro atoms. The lowest BCUT2D eigenvalue weighted by molar-refractivity contribution is 0.00578. The molecule has 3 aromatic rings. The zero-order valence-corrected chi connectivity index (χ0v) is 21.5. The summed E-state index contributed by atoms with van der Waals surface area (Å²) in [5.41, 5.74) is 4.81. The predicted molar refractivity (Wildman–Crippen MR) is 144 cm³/mol. The number of hydrogen-bond acceptors (Lipinski definition) is 3. The molecular formula is C32H31BO3. The first kappa shape index (κ1) is 22.1. The third-order valence-electron chi connectivity index (χ3n) is 9.39. The Hall–Kier alpha value is -3.08. The van der Waals surface area contributed by atoms with Gasteiger partial charge in [0.05, 0.1) is 16.6 Å². The van der Waals surface area contributed by atoms with Crippen LogP contribution in [0.25, 0.3) is 0 Å². The molecule has 0 amide bonds. The molecule has 3 atom stereocenters. The van der Waals surface area contributed by atoms with E-state index in [1.165, 1.54) is 22.3 Å². The van der Waals surface area contributed by atoms with Crippen LogP contribution in [0.4, 0.5) is 0 Å². The van der Waals surface area contributed by atoms with Crippen LogP contribution in [0.15, 0.2) is 91.0 Å². The number of para-hydroxylation sites is 1. The number of benzene rings is 3. The van der Waals surface area contributed by atoms with E-state index in [4.69, 9.17) is 14.0 Å². The molecular weight excluding hydrogens is 443 g/mol. The van der Waals surface area contributed by atoms with Gasteiger partial charge in [0.15, 0.2) is 0 Å². The zero-order chi connectivity index (χ0) is 24.9. The predicted octanol–water partition coefficient (Wildman–Crippen LogP) is 6.44. The molecule has 0 radical (unpaired) electrons. The summed E-state index contributed by atoms with van der Waals surface area (Å²) in [6, 6.07) is 24.0. The highest BCUT2D eigenvalue weighted by molar-refractivity contribution is 6.62. The molecule has 2 aliphatic carbocycles. The molecule has 36 heavy (non-hydrogen) atoms. The average molecular weight is 474 g/mol. The van der Waals surface area contributed by atoms with Crippen LogP contribution in [0.5, 0.6) is 11.5 Å². The first-order valence-electron chi connectivity index (χ1n) is 12.9. The number of allylic oxidation sites excluding steroid dienone is 4. The molecule has 0 aromatic heterocycles. The highest BCUT2D eigenvalue weighted by atomic mass is 16.7. The van der Waals surface area contributed by atoms with Gasteiger partial charge < -0.3 is 14.0 Å². The van der Waals surface area contributed by atoms with Crippen molar-refractivity contribution in [2.24, 2.45) is 5.92 Å². The van der Waals surface area contributed by atoms with Crippen LogP contribution < -0.4 is 10.2 Å². The summed E-state index contributed by atoms with van der Waals surface area (Å²) in [5.74, 6) is 2.02. The monoisotopic (exact) mass is 474 g/mol. The van der Waals surface area contributed by atoms with Crippen LogP contribution in [0.2, 0.25) is 0 Å². The summed E-state index contributed by atoms with van der Waals surface area (Å²) in [5, 5.41) is 0. The van der Waals surface area contributed by atoms with Gasteiger partial charge in [-0.1, -0.05) is 85.8 Å². The Balaban J connectivity index is 1.52. The minimum atomic E-state index is -0.431. The molecule has 4 aliphatic rings. The topological polar surface area (TPSA) is 27.7 Å². The van der Waals surface area contributed by atoms with Gasteiger partial charge >= 0.3 is 7.12 Å².